The Hall–Kier alpha value is -0.570. The summed E-state index contributed by atoms with van der Waals surface area (Å²) in [5.74, 6) is 0.263. The second-order valence-corrected chi connectivity index (χ2v) is 4.11. The number of hydrogen-bond donors (Lipinski definition) is 1. The molecule has 0 aliphatic carbocycles. The van der Waals surface area contributed by atoms with Crippen molar-refractivity contribution in [1.29, 1.82) is 0 Å². The summed E-state index contributed by atoms with van der Waals surface area (Å²) >= 11 is 0. The lowest BCUT2D eigenvalue weighted by Gasteiger charge is -2.27. The monoisotopic (exact) mass is 183 g/mol. The van der Waals surface area contributed by atoms with E-state index in [1.54, 1.807) is 0 Å². The SMILES string of the molecule is O=C1CCCCC2CC[C@@H](CO)N12. The van der Waals surface area contributed by atoms with Crippen LogP contribution in [0.3, 0.4) is 0 Å². The quantitative estimate of drug-likeness (QED) is 0.656. The van der Waals surface area contributed by atoms with Crippen molar-refractivity contribution >= 4 is 5.91 Å². The number of aliphatic hydroxyl groups is 1. The summed E-state index contributed by atoms with van der Waals surface area (Å²) in [7, 11) is 0. The Morgan fingerprint density at radius 2 is 2.15 bits per heavy atom. The molecule has 0 aromatic rings. The largest absolute Gasteiger partial charge is 0.394 e. The first kappa shape index (κ1) is 9.00. The van der Waals surface area contributed by atoms with Gasteiger partial charge in [-0.05, 0) is 25.7 Å². The van der Waals surface area contributed by atoms with Crippen LogP contribution in [0.1, 0.15) is 38.5 Å². The van der Waals surface area contributed by atoms with E-state index in [1.165, 1.54) is 6.42 Å². The minimum absolute atomic E-state index is 0.121. The predicted molar refractivity (Wildman–Crippen MR) is 49.2 cm³/mol. The van der Waals surface area contributed by atoms with Gasteiger partial charge in [0.1, 0.15) is 0 Å². The van der Waals surface area contributed by atoms with Gasteiger partial charge in [-0.2, -0.15) is 0 Å². The maximum atomic E-state index is 11.7. The van der Waals surface area contributed by atoms with Crippen molar-refractivity contribution in [3.05, 3.63) is 0 Å². The summed E-state index contributed by atoms with van der Waals surface area (Å²) in [4.78, 5) is 13.6. The summed E-state index contributed by atoms with van der Waals surface area (Å²) in [6.45, 7) is 0.141. The number of carbonyl (C=O) groups is 1. The van der Waals surface area contributed by atoms with Crippen LogP contribution in [0.15, 0.2) is 0 Å². The van der Waals surface area contributed by atoms with Crippen LogP contribution < -0.4 is 0 Å². The van der Waals surface area contributed by atoms with E-state index >= 15 is 0 Å². The molecule has 0 aromatic carbocycles. The molecule has 2 aliphatic rings. The third kappa shape index (κ3) is 1.57. The van der Waals surface area contributed by atoms with Gasteiger partial charge in [0, 0.05) is 12.5 Å². The van der Waals surface area contributed by atoms with Crippen LogP contribution in [0.2, 0.25) is 0 Å². The Bertz CT molecular complexity index is 205. The molecule has 0 spiro atoms. The molecule has 2 fully saturated rings. The van der Waals surface area contributed by atoms with E-state index < -0.39 is 0 Å². The lowest BCUT2D eigenvalue weighted by molar-refractivity contribution is -0.134. The fraction of sp³-hybridized carbons (Fsp3) is 0.900. The highest BCUT2D eigenvalue weighted by Gasteiger charge is 2.36. The molecule has 2 rings (SSSR count). The molecule has 74 valence electrons. The van der Waals surface area contributed by atoms with Crippen molar-refractivity contribution in [3.8, 4) is 0 Å². The van der Waals surface area contributed by atoms with Crippen molar-refractivity contribution in [3.63, 3.8) is 0 Å². The van der Waals surface area contributed by atoms with Gasteiger partial charge in [-0.25, -0.2) is 0 Å². The van der Waals surface area contributed by atoms with Crippen LogP contribution >= 0.6 is 0 Å². The van der Waals surface area contributed by atoms with Crippen LogP contribution in [0.4, 0.5) is 0 Å². The van der Waals surface area contributed by atoms with E-state index in [0.29, 0.717) is 12.5 Å². The minimum Gasteiger partial charge on any atom is -0.394 e. The molecule has 0 saturated carbocycles. The third-order valence-corrected chi connectivity index (χ3v) is 3.30. The van der Waals surface area contributed by atoms with E-state index in [9.17, 15) is 4.79 Å². The van der Waals surface area contributed by atoms with E-state index in [2.05, 4.69) is 0 Å². The Morgan fingerprint density at radius 3 is 2.92 bits per heavy atom. The van der Waals surface area contributed by atoms with Gasteiger partial charge in [0.05, 0.1) is 12.6 Å². The van der Waals surface area contributed by atoms with Gasteiger partial charge < -0.3 is 10.0 Å². The number of rotatable bonds is 1. The summed E-state index contributed by atoms with van der Waals surface area (Å²) in [6.07, 6.45) is 6.12. The van der Waals surface area contributed by atoms with Crippen molar-refractivity contribution < 1.29 is 9.90 Å². The van der Waals surface area contributed by atoms with Crippen molar-refractivity contribution in [2.75, 3.05) is 6.61 Å². The molecule has 1 amide bonds. The molecule has 3 heteroatoms. The topological polar surface area (TPSA) is 40.5 Å². The molecule has 1 N–H and O–H groups in total. The molecular weight excluding hydrogens is 166 g/mol. The number of carbonyl (C=O) groups excluding carboxylic acids is 1. The van der Waals surface area contributed by atoms with Gasteiger partial charge in [-0.15, -0.1) is 0 Å². The lowest BCUT2D eigenvalue weighted by atomic mass is 10.1. The number of hydrogen-bond acceptors (Lipinski definition) is 2. The van der Waals surface area contributed by atoms with Crippen LogP contribution in [-0.4, -0.2) is 34.6 Å². The maximum absolute atomic E-state index is 11.7. The van der Waals surface area contributed by atoms with Gasteiger partial charge in [-0.3, -0.25) is 4.79 Å². The van der Waals surface area contributed by atoms with Crippen molar-refractivity contribution in [1.82, 2.24) is 4.90 Å². The lowest BCUT2D eigenvalue weighted by Crippen LogP contribution is -2.41. The average Bonchev–Trinajstić information content (AvgIpc) is 2.47. The van der Waals surface area contributed by atoms with Gasteiger partial charge in [-0.1, -0.05) is 6.42 Å². The normalized spacial score (nSPS) is 34.5. The highest BCUT2D eigenvalue weighted by atomic mass is 16.3. The van der Waals surface area contributed by atoms with Gasteiger partial charge in [0.2, 0.25) is 5.91 Å². The summed E-state index contributed by atoms with van der Waals surface area (Å²) in [5, 5.41) is 9.12. The zero-order chi connectivity index (χ0) is 9.26. The Labute approximate surface area is 78.7 Å². The molecule has 2 atom stereocenters. The van der Waals surface area contributed by atoms with E-state index in [0.717, 1.165) is 25.7 Å². The van der Waals surface area contributed by atoms with Gasteiger partial charge in [0.25, 0.3) is 0 Å². The Morgan fingerprint density at radius 1 is 1.31 bits per heavy atom. The minimum atomic E-state index is 0.121. The first-order valence-corrected chi connectivity index (χ1v) is 5.25. The third-order valence-electron chi connectivity index (χ3n) is 3.30. The fourth-order valence-electron chi connectivity index (χ4n) is 2.62. The van der Waals surface area contributed by atoms with Crippen LogP contribution in [0, 0.1) is 0 Å². The summed E-state index contributed by atoms with van der Waals surface area (Å²) in [5.41, 5.74) is 0. The first-order valence-electron chi connectivity index (χ1n) is 5.25. The Balaban J connectivity index is 2.12. The summed E-state index contributed by atoms with van der Waals surface area (Å²) in [6, 6.07) is 0.558. The van der Waals surface area contributed by atoms with E-state index in [-0.39, 0.29) is 18.6 Å². The van der Waals surface area contributed by atoms with Crippen LogP contribution in [0.5, 0.6) is 0 Å². The molecule has 3 nitrogen and oxygen atoms in total. The highest BCUT2D eigenvalue weighted by molar-refractivity contribution is 5.77. The molecule has 2 heterocycles. The van der Waals surface area contributed by atoms with Gasteiger partial charge in [0.15, 0.2) is 0 Å². The fourth-order valence-corrected chi connectivity index (χ4v) is 2.62. The molecule has 1 unspecified atom stereocenters. The molecule has 0 aromatic heterocycles. The molecular formula is C10H17NO2. The van der Waals surface area contributed by atoms with Gasteiger partial charge >= 0.3 is 0 Å². The Kier molecular flexibility index (Phi) is 2.54. The van der Waals surface area contributed by atoms with E-state index in [4.69, 9.17) is 5.11 Å². The zero-order valence-electron chi connectivity index (χ0n) is 7.91. The molecule has 2 saturated heterocycles. The molecule has 2 aliphatic heterocycles. The van der Waals surface area contributed by atoms with Crippen molar-refractivity contribution in [2.45, 2.75) is 50.6 Å². The second-order valence-electron chi connectivity index (χ2n) is 4.11. The number of fused-ring (bicyclic) bond motifs is 1. The van der Waals surface area contributed by atoms with Crippen LogP contribution in [-0.2, 0) is 4.79 Å². The number of aliphatic hydroxyl groups excluding tert-OH is 1. The van der Waals surface area contributed by atoms with E-state index in [1.807, 2.05) is 4.90 Å². The van der Waals surface area contributed by atoms with Crippen molar-refractivity contribution in [2.24, 2.45) is 0 Å². The standard InChI is InChI=1S/C10H17NO2/c12-7-9-6-5-8-3-1-2-4-10(13)11(8)9/h8-9,12H,1-7H2/t8?,9-/m0/s1. The number of nitrogens with zero attached hydrogens (tertiary/aromatic N) is 1. The zero-order valence-corrected chi connectivity index (χ0v) is 7.91. The molecule has 13 heavy (non-hydrogen) atoms. The first-order chi connectivity index (χ1) is 6.33. The molecule has 0 bridgehead atoms. The highest BCUT2D eigenvalue weighted by Crippen LogP contribution is 2.30. The van der Waals surface area contributed by atoms with Crippen LogP contribution in [0.25, 0.3) is 0 Å². The smallest absolute Gasteiger partial charge is 0.223 e. The number of amides is 1. The predicted octanol–water partition coefficient (Wildman–Crippen LogP) is 0.912. The summed E-state index contributed by atoms with van der Waals surface area (Å²) < 4.78 is 0. The molecule has 0 radical (unpaired) electrons. The second kappa shape index (κ2) is 3.66. The maximum Gasteiger partial charge on any atom is 0.223 e. The average molecular weight is 183 g/mol.